The summed E-state index contributed by atoms with van der Waals surface area (Å²) in [4.78, 5) is 24.1. The van der Waals surface area contributed by atoms with Gasteiger partial charge in [-0.15, -0.1) is 0 Å². The maximum absolute atomic E-state index is 13.8. The van der Waals surface area contributed by atoms with E-state index in [1.807, 2.05) is 0 Å². The van der Waals surface area contributed by atoms with E-state index in [1.165, 1.54) is 24.5 Å². The van der Waals surface area contributed by atoms with Crippen molar-refractivity contribution in [3.05, 3.63) is 45.8 Å². The van der Waals surface area contributed by atoms with Gasteiger partial charge < -0.3 is 15.2 Å². The predicted molar refractivity (Wildman–Crippen MR) is 101 cm³/mol. The summed E-state index contributed by atoms with van der Waals surface area (Å²) in [5.74, 6) is 0.255. The largest absolute Gasteiger partial charge is 0.418 e. The summed E-state index contributed by atoms with van der Waals surface area (Å²) in [6.07, 6.45) is 2.00. The monoisotopic (exact) mass is 457 g/mol. The van der Waals surface area contributed by atoms with Crippen LogP contribution in [0.25, 0.3) is 0 Å². The fourth-order valence-electron chi connectivity index (χ4n) is 2.45. The van der Waals surface area contributed by atoms with E-state index in [9.17, 15) is 9.18 Å². The fraction of sp³-hybridized carbons (Fsp3) is 0.250. The average Bonchev–Trinajstić information content (AvgIpc) is 2.65. The van der Waals surface area contributed by atoms with Crippen molar-refractivity contribution in [2.45, 2.75) is 5.54 Å². The van der Waals surface area contributed by atoms with Crippen molar-refractivity contribution in [2.24, 2.45) is 10.7 Å². The van der Waals surface area contributed by atoms with Crippen molar-refractivity contribution >= 4 is 45.1 Å². The van der Waals surface area contributed by atoms with E-state index in [2.05, 4.69) is 36.2 Å². The summed E-state index contributed by atoms with van der Waals surface area (Å²) >= 11 is 9.36. The van der Waals surface area contributed by atoms with E-state index in [1.54, 1.807) is 6.07 Å². The molecule has 0 saturated carbocycles. The summed E-state index contributed by atoms with van der Waals surface area (Å²) < 4.78 is 24.9. The molecule has 3 N–H and O–H groups in total. The molecule has 27 heavy (non-hydrogen) atoms. The lowest BCUT2D eigenvalue weighted by Crippen LogP contribution is -2.41. The van der Waals surface area contributed by atoms with Gasteiger partial charge in [-0.2, -0.15) is 0 Å². The summed E-state index contributed by atoms with van der Waals surface area (Å²) in [6, 6.07) is 4.65. The Morgan fingerprint density at radius 1 is 1.44 bits per heavy atom. The number of nitrogens with two attached hydrogens (primary N) is 1. The number of alkyl halides is 1. The minimum absolute atomic E-state index is 0.0307. The Labute approximate surface area is 167 Å². The number of ether oxygens (including phenoxy) is 2. The number of halogens is 3. The van der Waals surface area contributed by atoms with Crippen LogP contribution in [0.3, 0.4) is 0 Å². The minimum atomic E-state index is -1.42. The number of hydrogen-bond donors (Lipinski definition) is 2. The molecule has 0 saturated heterocycles. The van der Waals surface area contributed by atoms with Gasteiger partial charge in [-0.3, -0.25) is 10.3 Å². The van der Waals surface area contributed by atoms with Crippen LogP contribution in [0.15, 0.2) is 40.1 Å². The Kier molecular flexibility index (Phi) is 5.88. The highest BCUT2D eigenvalue weighted by molar-refractivity contribution is 9.10. The van der Waals surface area contributed by atoms with Crippen LogP contribution in [0.2, 0.25) is 5.15 Å². The Hall–Kier alpha value is -2.30. The maximum atomic E-state index is 13.8. The number of aromatic nitrogens is 2. The van der Waals surface area contributed by atoms with E-state index in [0.717, 1.165) is 4.47 Å². The van der Waals surface area contributed by atoms with Crippen LogP contribution in [-0.2, 0) is 10.3 Å². The zero-order valence-corrected chi connectivity index (χ0v) is 16.1. The number of carbonyl (C=O) groups is 1. The standard InChI is InChI=1S/C16H14BrClFN5O3/c17-9-1-2-13(21-4-9)27-15(25)23-10-3-11(14(18)22-5-10)16(7-19)8-26-6-12(20)24-16/h1-5H,6-8H2,(H2,20,24)(H,23,25). The zero-order chi connectivity index (χ0) is 19.4. The molecule has 0 fully saturated rings. The van der Waals surface area contributed by atoms with Gasteiger partial charge >= 0.3 is 6.09 Å². The Morgan fingerprint density at radius 2 is 2.26 bits per heavy atom. The first kappa shape index (κ1) is 19.5. The molecule has 1 atom stereocenters. The Balaban J connectivity index is 1.81. The molecular formula is C16H14BrClFN5O3. The average molecular weight is 459 g/mol. The molecular weight excluding hydrogens is 445 g/mol. The second kappa shape index (κ2) is 8.15. The summed E-state index contributed by atoms with van der Waals surface area (Å²) in [7, 11) is 0. The Morgan fingerprint density at radius 3 is 2.93 bits per heavy atom. The van der Waals surface area contributed by atoms with E-state index in [4.69, 9.17) is 26.8 Å². The fourth-order valence-corrected chi connectivity index (χ4v) is 2.96. The molecule has 1 aliphatic heterocycles. The second-order valence-corrected chi connectivity index (χ2v) is 6.93. The van der Waals surface area contributed by atoms with Gasteiger partial charge in [0.2, 0.25) is 5.88 Å². The van der Waals surface area contributed by atoms with Crippen molar-refractivity contribution in [3.8, 4) is 5.88 Å². The molecule has 1 amide bonds. The highest BCUT2D eigenvalue weighted by Crippen LogP contribution is 2.35. The van der Waals surface area contributed by atoms with Crippen LogP contribution in [-0.4, -0.2) is 41.8 Å². The molecule has 2 aromatic heterocycles. The van der Waals surface area contributed by atoms with Crippen molar-refractivity contribution in [2.75, 3.05) is 25.2 Å². The van der Waals surface area contributed by atoms with Crippen LogP contribution in [0.1, 0.15) is 5.56 Å². The van der Waals surface area contributed by atoms with Gasteiger partial charge in [0, 0.05) is 22.3 Å². The van der Waals surface area contributed by atoms with Crippen molar-refractivity contribution in [1.29, 1.82) is 0 Å². The number of carbonyl (C=O) groups excluding carboxylic acids is 1. The van der Waals surface area contributed by atoms with E-state index in [-0.39, 0.29) is 41.3 Å². The van der Waals surface area contributed by atoms with E-state index < -0.39 is 18.3 Å². The Bertz CT molecular complexity index is 883. The molecule has 0 radical (unpaired) electrons. The quantitative estimate of drug-likeness (QED) is 0.681. The molecule has 1 aliphatic rings. The maximum Gasteiger partial charge on any atom is 0.418 e. The van der Waals surface area contributed by atoms with Crippen LogP contribution in [0.4, 0.5) is 14.9 Å². The number of rotatable bonds is 4. The molecule has 2 aromatic rings. The number of anilines is 1. The van der Waals surface area contributed by atoms with Gasteiger partial charge in [-0.25, -0.2) is 19.2 Å². The third-order valence-electron chi connectivity index (χ3n) is 3.65. The summed E-state index contributed by atoms with van der Waals surface area (Å²) in [5.41, 5.74) is 4.75. The topological polar surface area (TPSA) is 112 Å². The first-order valence-corrected chi connectivity index (χ1v) is 8.83. The third kappa shape index (κ3) is 4.52. The third-order valence-corrected chi connectivity index (χ3v) is 4.42. The minimum Gasteiger partial charge on any atom is -0.391 e. The predicted octanol–water partition coefficient (Wildman–Crippen LogP) is 3.06. The van der Waals surface area contributed by atoms with Gasteiger partial charge in [-0.05, 0) is 28.1 Å². The summed E-state index contributed by atoms with van der Waals surface area (Å²) in [6.45, 7) is -0.842. The molecule has 0 aromatic carbocycles. The SMILES string of the molecule is NC1=NC(CF)(c2cc(NC(=O)Oc3ccc(Br)cn3)cnc2Cl)COC1. The highest BCUT2D eigenvalue weighted by Gasteiger charge is 2.38. The van der Waals surface area contributed by atoms with Gasteiger partial charge in [0.05, 0.1) is 18.5 Å². The lowest BCUT2D eigenvalue weighted by atomic mass is 9.93. The van der Waals surface area contributed by atoms with Crippen molar-refractivity contribution < 1.29 is 18.7 Å². The number of nitrogens with one attached hydrogen (secondary N) is 1. The first-order valence-electron chi connectivity index (χ1n) is 7.66. The first-order chi connectivity index (χ1) is 12.9. The zero-order valence-electron chi connectivity index (χ0n) is 13.8. The number of hydrogen-bond acceptors (Lipinski definition) is 7. The van der Waals surface area contributed by atoms with Gasteiger partial charge in [0.1, 0.15) is 29.8 Å². The molecule has 0 aliphatic carbocycles. The van der Waals surface area contributed by atoms with Crippen LogP contribution < -0.4 is 15.8 Å². The molecule has 0 spiro atoms. The number of aliphatic imine (C=N–C) groups is 1. The molecule has 3 rings (SSSR count). The van der Waals surface area contributed by atoms with Gasteiger partial charge in [0.15, 0.2) is 0 Å². The highest BCUT2D eigenvalue weighted by atomic mass is 79.9. The molecule has 142 valence electrons. The van der Waals surface area contributed by atoms with Crippen LogP contribution >= 0.6 is 27.5 Å². The lowest BCUT2D eigenvalue weighted by Gasteiger charge is -2.31. The smallest absolute Gasteiger partial charge is 0.391 e. The molecule has 8 nitrogen and oxygen atoms in total. The molecule has 3 heterocycles. The normalized spacial score (nSPS) is 19.3. The van der Waals surface area contributed by atoms with E-state index in [0.29, 0.717) is 0 Å². The van der Waals surface area contributed by atoms with Gasteiger partial charge in [0.25, 0.3) is 0 Å². The van der Waals surface area contributed by atoms with Crippen LogP contribution in [0.5, 0.6) is 5.88 Å². The van der Waals surface area contributed by atoms with Crippen molar-refractivity contribution in [3.63, 3.8) is 0 Å². The summed E-state index contributed by atoms with van der Waals surface area (Å²) in [5, 5.41) is 2.52. The van der Waals surface area contributed by atoms with E-state index >= 15 is 0 Å². The number of amidine groups is 1. The molecule has 1 unspecified atom stereocenters. The number of nitrogens with zero attached hydrogens (tertiary/aromatic N) is 3. The van der Waals surface area contributed by atoms with Crippen molar-refractivity contribution in [1.82, 2.24) is 9.97 Å². The van der Waals surface area contributed by atoms with Crippen LogP contribution in [0, 0.1) is 0 Å². The lowest BCUT2D eigenvalue weighted by molar-refractivity contribution is 0.0826. The number of pyridine rings is 2. The number of amides is 1. The molecule has 11 heteroatoms. The van der Waals surface area contributed by atoms with Gasteiger partial charge in [-0.1, -0.05) is 11.6 Å². The molecule has 0 bridgehead atoms. The second-order valence-electron chi connectivity index (χ2n) is 5.65.